The van der Waals surface area contributed by atoms with E-state index in [2.05, 4.69) is 29.0 Å². The van der Waals surface area contributed by atoms with Gasteiger partial charge in [0.1, 0.15) is 11.7 Å². The van der Waals surface area contributed by atoms with Crippen LogP contribution >= 0.6 is 0 Å². The summed E-state index contributed by atoms with van der Waals surface area (Å²) in [6, 6.07) is 0.281. The first-order chi connectivity index (χ1) is 7.65. The van der Waals surface area contributed by atoms with E-state index in [1.165, 1.54) is 0 Å². The summed E-state index contributed by atoms with van der Waals surface area (Å²) in [7, 11) is 0. The molecule has 0 saturated heterocycles. The predicted octanol–water partition coefficient (Wildman–Crippen LogP) is 0.828. The summed E-state index contributed by atoms with van der Waals surface area (Å²) in [6.45, 7) is 4.76. The van der Waals surface area contributed by atoms with Crippen LogP contribution in [0, 0.1) is 0 Å². The number of rotatable bonds is 5. The highest BCUT2D eigenvalue weighted by molar-refractivity contribution is 5.80. The van der Waals surface area contributed by atoms with Crippen molar-refractivity contribution in [1.29, 1.82) is 0 Å². The normalized spacial score (nSPS) is 11.8. The van der Waals surface area contributed by atoms with E-state index in [0.717, 1.165) is 5.82 Å². The summed E-state index contributed by atoms with van der Waals surface area (Å²) in [6.07, 6.45) is 5.47. The van der Waals surface area contributed by atoms with Crippen LogP contribution in [0.2, 0.25) is 0 Å². The largest absolute Gasteiger partial charge is 0.409 e. The molecule has 1 heterocycles. The van der Waals surface area contributed by atoms with Crippen LogP contribution < -0.4 is 10.6 Å². The van der Waals surface area contributed by atoms with Gasteiger partial charge in [-0.15, -0.1) is 0 Å². The highest BCUT2D eigenvalue weighted by Gasteiger charge is 2.12. The van der Waals surface area contributed by atoms with E-state index < -0.39 is 0 Å². The van der Waals surface area contributed by atoms with E-state index in [0.29, 0.717) is 13.0 Å². The predicted molar refractivity (Wildman–Crippen MR) is 62.5 cm³/mol. The fraction of sp³-hybridized carbons (Fsp3) is 0.500. The average molecular weight is 223 g/mol. The van der Waals surface area contributed by atoms with Crippen molar-refractivity contribution in [1.82, 2.24) is 9.97 Å². The second-order valence-corrected chi connectivity index (χ2v) is 3.69. The SMILES string of the molecule is CC(C)N(CCC(N)=NO)c1cnccn1. The average Bonchev–Trinajstić information content (AvgIpc) is 2.30. The van der Waals surface area contributed by atoms with Crippen LogP contribution in [0.1, 0.15) is 20.3 Å². The third-order valence-corrected chi connectivity index (χ3v) is 2.20. The molecule has 0 amide bonds. The van der Waals surface area contributed by atoms with E-state index in [-0.39, 0.29) is 11.9 Å². The summed E-state index contributed by atoms with van der Waals surface area (Å²) in [5.41, 5.74) is 5.44. The van der Waals surface area contributed by atoms with Gasteiger partial charge >= 0.3 is 0 Å². The van der Waals surface area contributed by atoms with Crippen molar-refractivity contribution < 1.29 is 5.21 Å². The molecule has 16 heavy (non-hydrogen) atoms. The van der Waals surface area contributed by atoms with E-state index >= 15 is 0 Å². The van der Waals surface area contributed by atoms with Gasteiger partial charge in [0.05, 0.1) is 6.20 Å². The first kappa shape index (κ1) is 12.2. The molecule has 0 aliphatic rings. The number of amidine groups is 1. The smallest absolute Gasteiger partial charge is 0.147 e. The number of oxime groups is 1. The summed E-state index contributed by atoms with van der Waals surface area (Å²) in [5, 5.41) is 11.4. The third kappa shape index (κ3) is 3.38. The number of hydrogen-bond donors (Lipinski definition) is 2. The Balaban J connectivity index is 2.69. The molecule has 88 valence electrons. The van der Waals surface area contributed by atoms with Gasteiger partial charge in [0.2, 0.25) is 0 Å². The summed E-state index contributed by atoms with van der Waals surface area (Å²) in [4.78, 5) is 10.3. The summed E-state index contributed by atoms with van der Waals surface area (Å²) < 4.78 is 0. The summed E-state index contributed by atoms with van der Waals surface area (Å²) >= 11 is 0. The Morgan fingerprint density at radius 2 is 2.31 bits per heavy atom. The Bertz CT molecular complexity index is 338. The lowest BCUT2D eigenvalue weighted by Crippen LogP contribution is -2.34. The molecule has 0 fully saturated rings. The zero-order chi connectivity index (χ0) is 12.0. The van der Waals surface area contributed by atoms with Gasteiger partial charge in [0.25, 0.3) is 0 Å². The third-order valence-electron chi connectivity index (χ3n) is 2.20. The molecule has 1 aromatic heterocycles. The minimum atomic E-state index is 0.217. The molecule has 1 aromatic rings. The van der Waals surface area contributed by atoms with Crippen LogP contribution in [0.15, 0.2) is 23.7 Å². The highest BCUT2D eigenvalue weighted by Crippen LogP contribution is 2.11. The van der Waals surface area contributed by atoms with E-state index in [9.17, 15) is 0 Å². The molecule has 3 N–H and O–H groups in total. The topological polar surface area (TPSA) is 87.6 Å². The van der Waals surface area contributed by atoms with Crippen molar-refractivity contribution in [2.45, 2.75) is 26.3 Å². The molecule has 0 aliphatic heterocycles. The van der Waals surface area contributed by atoms with Gasteiger partial charge < -0.3 is 15.8 Å². The fourth-order valence-corrected chi connectivity index (χ4v) is 1.36. The minimum absolute atomic E-state index is 0.217. The molecule has 0 saturated carbocycles. The Hall–Kier alpha value is -1.85. The molecule has 0 unspecified atom stereocenters. The number of nitrogens with two attached hydrogens (primary N) is 1. The molecule has 6 heteroatoms. The lowest BCUT2D eigenvalue weighted by Gasteiger charge is -2.27. The number of anilines is 1. The Morgan fingerprint density at radius 3 is 2.81 bits per heavy atom. The van der Waals surface area contributed by atoms with Gasteiger partial charge in [0.15, 0.2) is 0 Å². The maximum atomic E-state index is 8.47. The Labute approximate surface area is 94.8 Å². The molecule has 1 rings (SSSR count). The lowest BCUT2D eigenvalue weighted by molar-refractivity contribution is 0.317. The van der Waals surface area contributed by atoms with E-state index in [4.69, 9.17) is 10.9 Å². The van der Waals surface area contributed by atoms with Crippen LogP contribution in [0.25, 0.3) is 0 Å². The van der Waals surface area contributed by atoms with Crippen molar-refractivity contribution in [3.63, 3.8) is 0 Å². The molecule has 6 nitrogen and oxygen atoms in total. The van der Waals surface area contributed by atoms with Crippen molar-refractivity contribution in [3.05, 3.63) is 18.6 Å². The van der Waals surface area contributed by atoms with Gasteiger partial charge in [-0.1, -0.05) is 5.16 Å². The van der Waals surface area contributed by atoms with Crippen molar-refractivity contribution in [3.8, 4) is 0 Å². The molecule has 0 aromatic carbocycles. The number of nitrogens with zero attached hydrogens (tertiary/aromatic N) is 4. The number of hydrogen-bond acceptors (Lipinski definition) is 5. The van der Waals surface area contributed by atoms with Crippen LogP contribution in [-0.2, 0) is 0 Å². The van der Waals surface area contributed by atoms with E-state index in [1.54, 1.807) is 18.6 Å². The van der Waals surface area contributed by atoms with Crippen LogP contribution in [0.4, 0.5) is 5.82 Å². The van der Waals surface area contributed by atoms with Gasteiger partial charge in [-0.25, -0.2) is 4.98 Å². The summed E-state index contributed by atoms with van der Waals surface area (Å²) in [5.74, 6) is 1.01. The molecule has 0 bridgehead atoms. The quantitative estimate of drug-likeness (QED) is 0.334. The van der Waals surface area contributed by atoms with Gasteiger partial charge in [-0.2, -0.15) is 0 Å². The second-order valence-electron chi connectivity index (χ2n) is 3.69. The zero-order valence-corrected chi connectivity index (χ0v) is 9.54. The minimum Gasteiger partial charge on any atom is -0.409 e. The standard InChI is InChI=1S/C10H17N5O/c1-8(2)15(6-3-9(11)14-16)10-7-12-4-5-13-10/h4-5,7-8,16H,3,6H2,1-2H3,(H2,11,14). The van der Waals surface area contributed by atoms with Gasteiger partial charge in [-0.05, 0) is 13.8 Å². The van der Waals surface area contributed by atoms with Gasteiger partial charge in [0, 0.05) is 31.4 Å². The van der Waals surface area contributed by atoms with Crippen molar-refractivity contribution in [2.75, 3.05) is 11.4 Å². The molecular weight excluding hydrogens is 206 g/mol. The zero-order valence-electron chi connectivity index (χ0n) is 9.54. The maximum Gasteiger partial charge on any atom is 0.147 e. The van der Waals surface area contributed by atoms with Crippen LogP contribution in [0.5, 0.6) is 0 Å². The van der Waals surface area contributed by atoms with Crippen molar-refractivity contribution in [2.24, 2.45) is 10.9 Å². The molecule has 0 aliphatic carbocycles. The highest BCUT2D eigenvalue weighted by atomic mass is 16.4. The monoisotopic (exact) mass is 223 g/mol. The molecular formula is C10H17N5O. The first-order valence-corrected chi connectivity index (χ1v) is 5.14. The first-order valence-electron chi connectivity index (χ1n) is 5.14. The van der Waals surface area contributed by atoms with Gasteiger partial charge in [-0.3, -0.25) is 4.98 Å². The Kier molecular flexibility index (Phi) is 4.50. The molecule has 0 spiro atoms. The van der Waals surface area contributed by atoms with E-state index in [1.807, 2.05) is 4.90 Å². The maximum absolute atomic E-state index is 8.47. The molecule has 0 atom stereocenters. The fourth-order valence-electron chi connectivity index (χ4n) is 1.36. The lowest BCUT2D eigenvalue weighted by atomic mass is 10.2. The number of aromatic nitrogens is 2. The Morgan fingerprint density at radius 1 is 1.56 bits per heavy atom. The van der Waals surface area contributed by atoms with Crippen molar-refractivity contribution >= 4 is 11.7 Å². The van der Waals surface area contributed by atoms with Crippen LogP contribution in [0.3, 0.4) is 0 Å². The van der Waals surface area contributed by atoms with Crippen LogP contribution in [-0.4, -0.2) is 33.6 Å². The second kappa shape index (κ2) is 5.89. The molecule has 0 radical (unpaired) electrons.